The van der Waals surface area contributed by atoms with E-state index in [9.17, 15) is 13.2 Å². The van der Waals surface area contributed by atoms with Gasteiger partial charge in [-0.2, -0.15) is 0 Å². The number of carbonyl (C=O) groups is 1. The molecular formula is C8H15NO4S. The molecule has 1 saturated carbocycles. The van der Waals surface area contributed by atoms with Crippen molar-refractivity contribution in [2.24, 2.45) is 5.92 Å². The van der Waals surface area contributed by atoms with Crippen molar-refractivity contribution in [2.75, 3.05) is 5.75 Å². The molecule has 0 aliphatic heterocycles. The molecule has 0 aromatic heterocycles. The van der Waals surface area contributed by atoms with Gasteiger partial charge in [0.1, 0.15) is 6.04 Å². The van der Waals surface area contributed by atoms with Crippen LogP contribution in [-0.4, -0.2) is 31.3 Å². The monoisotopic (exact) mass is 221 g/mol. The minimum Gasteiger partial charge on any atom is -0.480 e. The molecule has 14 heavy (non-hydrogen) atoms. The molecule has 0 unspecified atom stereocenters. The number of carboxylic acid groups (broad SMARTS) is 1. The molecule has 0 aromatic rings. The van der Waals surface area contributed by atoms with E-state index in [1.165, 1.54) is 6.92 Å². The predicted octanol–water partition coefficient (Wildman–Crippen LogP) is 0.179. The van der Waals surface area contributed by atoms with Gasteiger partial charge in [-0.25, -0.2) is 13.1 Å². The summed E-state index contributed by atoms with van der Waals surface area (Å²) in [5.41, 5.74) is 0. The Labute approximate surface area is 83.6 Å². The molecule has 6 heteroatoms. The molecule has 0 heterocycles. The van der Waals surface area contributed by atoms with E-state index in [4.69, 9.17) is 5.11 Å². The molecule has 0 saturated heterocycles. The Morgan fingerprint density at radius 2 is 2.14 bits per heavy atom. The van der Waals surface area contributed by atoms with Crippen LogP contribution in [0.1, 0.15) is 26.2 Å². The van der Waals surface area contributed by atoms with Gasteiger partial charge in [0.05, 0.1) is 5.75 Å². The molecule has 1 fully saturated rings. The van der Waals surface area contributed by atoms with E-state index < -0.39 is 22.0 Å². The molecule has 0 spiro atoms. The Balaban J connectivity index is 2.35. The van der Waals surface area contributed by atoms with Crippen molar-refractivity contribution in [3.05, 3.63) is 0 Å². The largest absolute Gasteiger partial charge is 0.480 e. The highest BCUT2D eigenvalue weighted by Crippen LogP contribution is 2.32. The summed E-state index contributed by atoms with van der Waals surface area (Å²) in [5.74, 6) is -0.582. The lowest BCUT2D eigenvalue weighted by Gasteiger charge is -2.09. The third-order valence-electron chi connectivity index (χ3n) is 2.22. The van der Waals surface area contributed by atoms with Crippen LogP contribution in [0.25, 0.3) is 0 Å². The van der Waals surface area contributed by atoms with Gasteiger partial charge in [0.15, 0.2) is 0 Å². The lowest BCUT2D eigenvalue weighted by atomic mass is 10.3. The molecule has 1 aliphatic carbocycles. The van der Waals surface area contributed by atoms with Gasteiger partial charge in [0.2, 0.25) is 10.0 Å². The highest BCUT2D eigenvalue weighted by molar-refractivity contribution is 7.89. The first-order valence-corrected chi connectivity index (χ1v) is 6.29. The van der Waals surface area contributed by atoms with Gasteiger partial charge in [-0.15, -0.1) is 0 Å². The third-order valence-corrected chi connectivity index (χ3v) is 3.70. The fourth-order valence-corrected chi connectivity index (χ4v) is 2.51. The van der Waals surface area contributed by atoms with E-state index in [0.717, 1.165) is 12.8 Å². The van der Waals surface area contributed by atoms with E-state index >= 15 is 0 Å². The highest BCUT2D eigenvalue weighted by Gasteiger charge is 2.25. The smallest absolute Gasteiger partial charge is 0.321 e. The second-order valence-electron chi connectivity index (χ2n) is 3.73. The third kappa shape index (κ3) is 4.06. The summed E-state index contributed by atoms with van der Waals surface area (Å²) < 4.78 is 24.7. The topological polar surface area (TPSA) is 83.5 Å². The maximum atomic E-state index is 11.3. The zero-order valence-electron chi connectivity index (χ0n) is 8.06. The van der Waals surface area contributed by atoms with Crippen molar-refractivity contribution < 1.29 is 18.3 Å². The molecule has 82 valence electrons. The lowest BCUT2D eigenvalue weighted by Crippen LogP contribution is -2.39. The Hall–Kier alpha value is -0.620. The van der Waals surface area contributed by atoms with E-state index in [2.05, 4.69) is 4.72 Å². The number of sulfonamides is 1. The van der Waals surface area contributed by atoms with Crippen LogP contribution in [0.2, 0.25) is 0 Å². The first kappa shape index (κ1) is 11.5. The first-order chi connectivity index (χ1) is 6.41. The van der Waals surface area contributed by atoms with Gasteiger partial charge in [0.25, 0.3) is 0 Å². The molecule has 5 nitrogen and oxygen atoms in total. The summed E-state index contributed by atoms with van der Waals surface area (Å²) in [7, 11) is -3.41. The van der Waals surface area contributed by atoms with Gasteiger partial charge >= 0.3 is 5.97 Å². The second-order valence-corrected chi connectivity index (χ2v) is 5.60. The van der Waals surface area contributed by atoms with E-state index in [1.54, 1.807) is 0 Å². The van der Waals surface area contributed by atoms with Crippen molar-refractivity contribution >= 4 is 16.0 Å². The molecule has 0 aromatic carbocycles. The number of carboxylic acids is 1. The number of hydrogen-bond acceptors (Lipinski definition) is 3. The van der Waals surface area contributed by atoms with E-state index in [0.29, 0.717) is 12.3 Å². The van der Waals surface area contributed by atoms with Crippen molar-refractivity contribution in [2.45, 2.75) is 32.2 Å². The molecule has 1 atom stereocenters. The van der Waals surface area contributed by atoms with Crippen molar-refractivity contribution in [1.82, 2.24) is 4.72 Å². The van der Waals surface area contributed by atoms with Crippen LogP contribution in [0.4, 0.5) is 0 Å². The zero-order chi connectivity index (χ0) is 10.8. The molecule has 1 aliphatic rings. The van der Waals surface area contributed by atoms with Gasteiger partial charge in [-0.05, 0) is 19.3 Å². The summed E-state index contributed by atoms with van der Waals surface area (Å²) in [6.45, 7) is 1.32. The minimum absolute atomic E-state index is 0.0370. The van der Waals surface area contributed by atoms with Gasteiger partial charge < -0.3 is 5.11 Å². The standard InChI is InChI=1S/C8H15NO4S/c1-6(8(10)11)9-14(12,13)5-4-7-2-3-7/h6-7,9H,2-5H2,1H3,(H,10,11)/t6-/m1/s1. The highest BCUT2D eigenvalue weighted by atomic mass is 32.2. The Bertz CT molecular complexity index is 307. The maximum Gasteiger partial charge on any atom is 0.321 e. The molecule has 0 amide bonds. The van der Waals surface area contributed by atoms with E-state index in [-0.39, 0.29) is 5.75 Å². The number of rotatable bonds is 6. The van der Waals surface area contributed by atoms with Crippen molar-refractivity contribution in [3.63, 3.8) is 0 Å². The van der Waals surface area contributed by atoms with Crippen LogP contribution in [-0.2, 0) is 14.8 Å². The van der Waals surface area contributed by atoms with Crippen LogP contribution in [0, 0.1) is 5.92 Å². The quantitative estimate of drug-likeness (QED) is 0.670. The van der Waals surface area contributed by atoms with Crippen LogP contribution in [0.3, 0.4) is 0 Å². The summed E-state index contributed by atoms with van der Waals surface area (Å²) in [4.78, 5) is 10.4. The van der Waals surface area contributed by atoms with Crippen LogP contribution in [0.5, 0.6) is 0 Å². The SMILES string of the molecule is C[C@@H](NS(=O)(=O)CCC1CC1)C(=O)O. The van der Waals surface area contributed by atoms with Gasteiger partial charge in [-0.1, -0.05) is 12.8 Å². The number of aliphatic carboxylic acids is 1. The molecule has 0 bridgehead atoms. The maximum absolute atomic E-state index is 11.3. The summed E-state index contributed by atoms with van der Waals surface area (Å²) in [6.07, 6.45) is 2.84. The van der Waals surface area contributed by atoms with Crippen LogP contribution < -0.4 is 4.72 Å². The fraction of sp³-hybridized carbons (Fsp3) is 0.875. The predicted molar refractivity (Wildman–Crippen MR) is 51.4 cm³/mol. The first-order valence-electron chi connectivity index (χ1n) is 4.63. The molecule has 2 N–H and O–H groups in total. The Morgan fingerprint density at radius 1 is 1.57 bits per heavy atom. The van der Waals surface area contributed by atoms with Gasteiger partial charge in [0, 0.05) is 0 Å². The normalized spacial score (nSPS) is 19.2. The average molecular weight is 221 g/mol. The zero-order valence-corrected chi connectivity index (χ0v) is 8.88. The molecular weight excluding hydrogens is 206 g/mol. The minimum atomic E-state index is -3.41. The van der Waals surface area contributed by atoms with Crippen LogP contribution in [0.15, 0.2) is 0 Å². The Morgan fingerprint density at radius 3 is 2.57 bits per heavy atom. The van der Waals surface area contributed by atoms with Gasteiger partial charge in [-0.3, -0.25) is 4.79 Å². The van der Waals surface area contributed by atoms with Crippen molar-refractivity contribution in [1.29, 1.82) is 0 Å². The number of nitrogens with one attached hydrogen (secondary N) is 1. The van der Waals surface area contributed by atoms with Crippen LogP contribution >= 0.6 is 0 Å². The fourth-order valence-electron chi connectivity index (χ4n) is 1.11. The summed E-state index contributed by atoms with van der Waals surface area (Å²) in [6, 6.07) is -1.04. The van der Waals surface area contributed by atoms with E-state index in [1.807, 2.05) is 0 Å². The van der Waals surface area contributed by atoms with Crippen molar-refractivity contribution in [3.8, 4) is 0 Å². The lowest BCUT2D eigenvalue weighted by molar-refractivity contribution is -0.138. The Kier molecular flexibility index (Phi) is 3.49. The summed E-state index contributed by atoms with van der Waals surface area (Å²) in [5, 5.41) is 8.51. The summed E-state index contributed by atoms with van der Waals surface area (Å²) >= 11 is 0. The molecule has 0 radical (unpaired) electrons. The number of hydrogen-bond donors (Lipinski definition) is 2. The average Bonchev–Trinajstić information content (AvgIpc) is 2.82. The second kappa shape index (κ2) is 4.27. The molecule has 1 rings (SSSR count).